The first-order valence-electron chi connectivity index (χ1n) is 5.20. The molecule has 2 N–H and O–H groups in total. The number of aliphatic carboxylic acids is 1. The van der Waals surface area contributed by atoms with E-state index < -0.39 is 5.97 Å². The maximum absolute atomic E-state index is 10.6. The predicted octanol–water partition coefficient (Wildman–Crippen LogP) is 2.68. The predicted molar refractivity (Wildman–Crippen MR) is 66.7 cm³/mol. The van der Waals surface area contributed by atoms with Crippen molar-refractivity contribution >= 4 is 17.3 Å². The highest BCUT2D eigenvalue weighted by Gasteiger charge is 2.17. The molecule has 3 nitrogen and oxygen atoms in total. The number of carboxylic acids is 1. The molecule has 88 valence electrons. The van der Waals surface area contributed by atoms with E-state index in [9.17, 15) is 4.79 Å². The molecule has 0 aliphatic carbocycles. The largest absolute Gasteiger partial charge is 0.478 e. The van der Waals surface area contributed by atoms with E-state index in [2.05, 4.69) is 31.8 Å². The minimum absolute atomic E-state index is 0.191. The third-order valence-electron chi connectivity index (χ3n) is 2.35. The van der Waals surface area contributed by atoms with Gasteiger partial charge in [-0.1, -0.05) is 26.5 Å². The van der Waals surface area contributed by atoms with Crippen LogP contribution in [0.3, 0.4) is 0 Å². The van der Waals surface area contributed by atoms with Crippen molar-refractivity contribution in [3.05, 3.63) is 34.5 Å². The molecule has 0 saturated carbocycles. The molecule has 1 aromatic heterocycles. The van der Waals surface area contributed by atoms with Crippen molar-refractivity contribution in [2.24, 2.45) is 5.92 Å². The van der Waals surface area contributed by atoms with Crippen LogP contribution in [0.25, 0.3) is 0 Å². The van der Waals surface area contributed by atoms with Gasteiger partial charge < -0.3 is 10.4 Å². The average Bonchev–Trinajstić information content (AvgIpc) is 2.70. The van der Waals surface area contributed by atoms with Gasteiger partial charge in [0.25, 0.3) is 0 Å². The van der Waals surface area contributed by atoms with E-state index in [1.807, 2.05) is 11.4 Å². The SMILES string of the molecule is C=C(CNC(c1cccs1)C(C)C)C(=O)O. The second-order valence-electron chi connectivity index (χ2n) is 4.03. The van der Waals surface area contributed by atoms with Crippen LogP contribution in [0, 0.1) is 5.92 Å². The zero-order valence-electron chi connectivity index (χ0n) is 9.56. The van der Waals surface area contributed by atoms with E-state index >= 15 is 0 Å². The van der Waals surface area contributed by atoms with Crippen LogP contribution in [0.4, 0.5) is 0 Å². The molecule has 0 fully saturated rings. The highest BCUT2D eigenvalue weighted by molar-refractivity contribution is 7.10. The number of hydrogen-bond donors (Lipinski definition) is 2. The molecule has 1 rings (SSSR count). The Labute approximate surface area is 99.8 Å². The lowest BCUT2D eigenvalue weighted by Gasteiger charge is -2.21. The van der Waals surface area contributed by atoms with Gasteiger partial charge in [0, 0.05) is 23.0 Å². The molecule has 0 aromatic carbocycles. The lowest BCUT2D eigenvalue weighted by Crippen LogP contribution is -2.28. The highest BCUT2D eigenvalue weighted by atomic mass is 32.1. The quantitative estimate of drug-likeness (QED) is 0.750. The van der Waals surface area contributed by atoms with Crippen LogP contribution in [-0.4, -0.2) is 17.6 Å². The van der Waals surface area contributed by atoms with E-state index in [0.29, 0.717) is 12.5 Å². The van der Waals surface area contributed by atoms with Gasteiger partial charge in [-0.05, 0) is 17.4 Å². The van der Waals surface area contributed by atoms with Gasteiger partial charge in [-0.25, -0.2) is 4.79 Å². The number of nitrogens with one attached hydrogen (secondary N) is 1. The van der Waals surface area contributed by atoms with E-state index in [-0.39, 0.29) is 11.6 Å². The van der Waals surface area contributed by atoms with Gasteiger partial charge in [-0.15, -0.1) is 11.3 Å². The molecule has 0 amide bonds. The molecule has 1 aromatic rings. The maximum Gasteiger partial charge on any atom is 0.332 e. The molecule has 1 atom stereocenters. The molecule has 0 saturated heterocycles. The number of hydrogen-bond acceptors (Lipinski definition) is 3. The summed E-state index contributed by atoms with van der Waals surface area (Å²) in [5.41, 5.74) is 0.196. The van der Waals surface area contributed by atoms with Gasteiger partial charge in [-0.3, -0.25) is 0 Å². The van der Waals surface area contributed by atoms with Crippen LogP contribution < -0.4 is 5.32 Å². The first kappa shape index (κ1) is 12.9. The molecule has 16 heavy (non-hydrogen) atoms. The van der Waals surface area contributed by atoms with E-state index in [1.54, 1.807) is 11.3 Å². The molecular formula is C12H17NO2S. The fourth-order valence-corrected chi connectivity index (χ4v) is 2.42. The minimum Gasteiger partial charge on any atom is -0.478 e. The number of thiophene rings is 1. The van der Waals surface area contributed by atoms with Crippen molar-refractivity contribution in [3.63, 3.8) is 0 Å². The van der Waals surface area contributed by atoms with Crippen molar-refractivity contribution in [2.75, 3.05) is 6.54 Å². The number of carbonyl (C=O) groups is 1. The first-order chi connectivity index (χ1) is 7.52. The first-order valence-corrected chi connectivity index (χ1v) is 6.08. The Morgan fingerprint density at radius 3 is 2.75 bits per heavy atom. The molecule has 0 spiro atoms. The third-order valence-corrected chi connectivity index (χ3v) is 3.31. The lowest BCUT2D eigenvalue weighted by molar-refractivity contribution is -0.132. The van der Waals surface area contributed by atoms with Crippen molar-refractivity contribution < 1.29 is 9.90 Å². The number of rotatable bonds is 6. The fourth-order valence-electron chi connectivity index (χ4n) is 1.44. The summed E-state index contributed by atoms with van der Waals surface area (Å²) in [7, 11) is 0. The summed E-state index contributed by atoms with van der Waals surface area (Å²) in [6, 6.07) is 4.26. The number of carboxylic acid groups (broad SMARTS) is 1. The monoisotopic (exact) mass is 239 g/mol. The lowest BCUT2D eigenvalue weighted by atomic mass is 10.0. The molecule has 0 aliphatic rings. The molecule has 4 heteroatoms. The Kier molecular flexibility index (Phi) is 4.71. The van der Waals surface area contributed by atoms with Crippen LogP contribution in [0.5, 0.6) is 0 Å². The second-order valence-corrected chi connectivity index (χ2v) is 5.01. The van der Waals surface area contributed by atoms with E-state index in [0.717, 1.165) is 0 Å². The molecule has 0 radical (unpaired) electrons. The Bertz CT molecular complexity index is 357. The maximum atomic E-state index is 10.6. The van der Waals surface area contributed by atoms with E-state index in [1.165, 1.54) is 4.88 Å². The van der Waals surface area contributed by atoms with Crippen LogP contribution in [0.1, 0.15) is 24.8 Å². The van der Waals surface area contributed by atoms with Crippen LogP contribution in [0.2, 0.25) is 0 Å². The normalized spacial score (nSPS) is 12.7. The van der Waals surface area contributed by atoms with Crippen molar-refractivity contribution in [2.45, 2.75) is 19.9 Å². The smallest absolute Gasteiger partial charge is 0.332 e. The van der Waals surface area contributed by atoms with Crippen molar-refractivity contribution in [1.29, 1.82) is 0 Å². The summed E-state index contributed by atoms with van der Waals surface area (Å²) in [4.78, 5) is 11.9. The van der Waals surface area contributed by atoms with Crippen LogP contribution in [-0.2, 0) is 4.79 Å². The molecular weight excluding hydrogens is 222 g/mol. The fraction of sp³-hybridized carbons (Fsp3) is 0.417. The van der Waals surface area contributed by atoms with Gasteiger partial charge >= 0.3 is 5.97 Å². The third kappa shape index (κ3) is 3.47. The standard InChI is InChI=1S/C12H17NO2S/c1-8(2)11(10-5-4-6-16-10)13-7-9(3)12(14)15/h4-6,8,11,13H,3,7H2,1-2H3,(H,14,15). The van der Waals surface area contributed by atoms with Crippen LogP contribution >= 0.6 is 11.3 Å². The van der Waals surface area contributed by atoms with Gasteiger partial charge in [0.1, 0.15) is 0 Å². The zero-order chi connectivity index (χ0) is 12.1. The van der Waals surface area contributed by atoms with E-state index in [4.69, 9.17) is 5.11 Å². The summed E-state index contributed by atoms with van der Waals surface area (Å²) in [5, 5.41) is 14.0. The Morgan fingerprint density at radius 1 is 1.62 bits per heavy atom. The van der Waals surface area contributed by atoms with Crippen molar-refractivity contribution in [3.8, 4) is 0 Å². The van der Waals surface area contributed by atoms with Gasteiger partial charge in [0.15, 0.2) is 0 Å². The zero-order valence-corrected chi connectivity index (χ0v) is 10.4. The van der Waals surface area contributed by atoms with Gasteiger partial charge in [-0.2, -0.15) is 0 Å². The summed E-state index contributed by atoms with van der Waals surface area (Å²) in [6.07, 6.45) is 0. The van der Waals surface area contributed by atoms with Gasteiger partial charge in [0.05, 0.1) is 0 Å². The average molecular weight is 239 g/mol. The Balaban J connectivity index is 2.60. The summed E-state index contributed by atoms with van der Waals surface area (Å²) < 4.78 is 0. The van der Waals surface area contributed by atoms with Gasteiger partial charge in [0.2, 0.25) is 0 Å². The molecule has 1 unspecified atom stereocenters. The summed E-state index contributed by atoms with van der Waals surface area (Å²) in [5.74, 6) is -0.526. The second kappa shape index (κ2) is 5.82. The Morgan fingerprint density at radius 2 is 2.31 bits per heavy atom. The molecule has 0 aliphatic heterocycles. The summed E-state index contributed by atoms with van der Waals surface area (Å²) >= 11 is 1.68. The molecule has 1 heterocycles. The topological polar surface area (TPSA) is 49.3 Å². The summed E-state index contributed by atoms with van der Waals surface area (Å²) in [6.45, 7) is 8.05. The Hall–Kier alpha value is -1.13. The van der Waals surface area contributed by atoms with Crippen LogP contribution in [0.15, 0.2) is 29.7 Å². The molecule has 0 bridgehead atoms. The highest BCUT2D eigenvalue weighted by Crippen LogP contribution is 2.25. The van der Waals surface area contributed by atoms with Crippen molar-refractivity contribution in [1.82, 2.24) is 5.32 Å². The minimum atomic E-state index is -0.943.